The normalized spacial score (nSPS) is 21.1. The lowest BCUT2D eigenvalue weighted by Crippen LogP contribution is -2.39. The molecule has 1 fully saturated rings. The van der Waals surface area contributed by atoms with E-state index in [1.165, 1.54) is 23.1 Å². The Morgan fingerprint density at radius 2 is 2.00 bits per heavy atom. The molecule has 1 N–H and O–H groups in total. The van der Waals surface area contributed by atoms with Gasteiger partial charge in [-0.2, -0.15) is 13.2 Å². The molecule has 0 saturated heterocycles. The molecule has 1 amide bonds. The first-order chi connectivity index (χ1) is 11.9. The molecular formula is C15H15F4N5O. The van der Waals surface area contributed by atoms with Crippen LogP contribution in [0.1, 0.15) is 25.7 Å². The fourth-order valence-corrected chi connectivity index (χ4v) is 3.09. The van der Waals surface area contributed by atoms with Crippen LogP contribution in [0.4, 0.5) is 23.2 Å². The third kappa shape index (κ3) is 3.77. The van der Waals surface area contributed by atoms with Crippen LogP contribution in [0.2, 0.25) is 0 Å². The maximum absolute atomic E-state index is 14.0. The highest BCUT2D eigenvalue weighted by Crippen LogP contribution is 2.42. The van der Waals surface area contributed by atoms with Gasteiger partial charge in [-0.15, -0.1) is 5.10 Å². The van der Waals surface area contributed by atoms with Gasteiger partial charge >= 0.3 is 6.18 Å². The van der Waals surface area contributed by atoms with Crippen molar-refractivity contribution in [3.05, 3.63) is 30.3 Å². The minimum absolute atomic E-state index is 0.0886. The molecule has 0 aliphatic heterocycles. The van der Waals surface area contributed by atoms with E-state index in [1.807, 2.05) is 0 Å². The summed E-state index contributed by atoms with van der Waals surface area (Å²) in [7, 11) is 0. The van der Waals surface area contributed by atoms with Crippen LogP contribution in [0.15, 0.2) is 24.5 Å². The first kappa shape index (κ1) is 17.3. The third-order valence-corrected chi connectivity index (χ3v) is 4.34. The maximum atomic E-state index is 14.0. The first-order valence-corrected chi connectivity index (χ1v) is 7.77. The molecule has 10 heteroatoms. The van der Waals surface area contributed by atoms with Crippen LogP contribution >= 0.6 is 0 Å². The average Bonchev–Trinajstić information content (AvgIpc) is 3.10. The van der Waals surface area contributed by atoms with Gasteiger partial charge < -0.3 is 5.32 Å². The fourth-order valence-electron chi connectivity index (χ4n) is 3.09. The van der Waals surface area contributed by atoms with Crippen molar-refractivity contribution in [3.63, 3.8) is 0 Å². The minimum atomic E-state index is -4.45. The Hall–Kier alpha value is -2.52. The van der Waals surface area contributed by atoms with Gasteiger partial charge in [0, 0.05) is 5.92 Å². The van der Waals surface area contributed by atoms with E-state index < -0.39 is 29.7 Å². The van der Waals surface area contributed by atoms with Crippen molar-refractivity contribution < 1.29 is 22.4 Å². The topological polar surface area (TPSA) is 72.7 Å². The Labute approximate surface area is 140 Å². The molecule has 25 heavy (non-hydrogen) atoms. The number of nitrogens with zero attached hydrogens (tertiary/aromatic N) is 4. The van der Waals surface area contributed by atoms with Crippen molar-refractivity contribution in [2.45, 2.75) is 31.9 Å². The van der Waals surface area contributed by atoms with Gasteiger partial charge in [0.25, 0.3) is 0 Å². The van der Waals surface area contributed by atoms with Crippen molar-refractivity contribution in [1.29, 1.82) is 0 Å². The highest BCUT2D eigenvalue weighted by Gasteiger charge is 2.48. The van der Waals surface area contributed by atoms with Crippen molar-refractivity contribution in [3.8, 4) is 5.69 Å². The summed E-state index contributed by atoms with van der Waals surface area (Å²) >= 11 is 0. The van der Waals surface area contributed by atoms with Crippen molar-refractivity contribution in [1.82, 2.24) is 20.2 Å². The van der Waals surface area contributed by atoms with Gasteiger partial charge in [-0.05, 0) is 41.5 Å². The predicted molar refractivity (Wildman–Crippen MR) is 79.2 cm³/mol. The number of nitrogens with one attached hydrogen (secondary N) is 1. The molecule has 1 saturated carbocycles. The number of halogens is 4. The summed E-state index contributed by atoms with van der Waals surface area (Å²) in [5.41, 5.74) is 0.169. The summed E-state index contributed by atoms with van der Waals surface area (Å²) in [6, 6.07) is 3.75. The molecule has 0 radical (unpaired) electrons. The van der Waals surface area contributed by atoms with E-state index in [9.17, 15) is 22.4 Å². The number of hydrogen-bond acceptors (Lipinski definition) is 4. The Kier molecular flexibility index (Phi) is 4.69. The van der Waals surface area contributed by atoms with Gasteiger partial charge in [0.1, 0.15) is 12.1 Å². The highest BCUT2D eigenvalue weighted by atomic mass is 19.4. The number of alkyl halides is 3. The Morgan fingerprint density at radius 1 is 1.24 bits per heavy atom. The van der Waals surface area contributed by atoms with E-state index in [-0.39, 0.29) is 18.5 Å². The first-order valence-electron chi connectivity index (χ1n) is 7.77. The molecule has 2 aromatic rings. The summed E-state index contributed by atoms with van der Waals surface area (Å²) < 4.78 is 54.6. The number of carbonyl (C=O) groups is 1. The molecule has 1 aliphatic rings. The molecular weight excluding hydrogens is 342 g/mol. The zero-order chi connectivity index (χ0) is 18.0. The molecule has 2 atom stereocenters. The van der Waals surface area contributed by atoms with E-state index in [0.717, 1.165) is 6.07 Å². The molecule has 0 bridgehead atoms. The summed E-state index contributed by atoms with van der Waals surface area (Å²) in [6.07, 6.45) is -2.16. The lowest BCUT2D eigenvalue weighted by molar-refractivity contribution is -0.197. The summed E-state index contributed by atoms with van der Waals surface area (Å²) in [5, 5.41) is 12.8. The van der Waals surface area contributed by atoms with Gasteiger partial charge in [0.2, 0.25) is 5.91 Å². The summed E-state index contributed by atoms with van der Waals surface area (Å²) in [4.78, 5) is 12.3. The lowest BCUT2D eigenvalue weighted by Gasteiger charge is -2.32. The zero-order valence-corrected chi connectivity index (χ0v) is 13.0. The van der Waals surface area contributed by atoms with Crippen molar-refractivity contribution >= 4 is 11.6 Å². The number of rotatable bonds is 3. The molecule has 1 heterocycles. The molecule has 1 aliphatic carbocycles. The second kappa shape index (κ2) is 6.77. The van der Waals surface area contributed by atoms with Crippen LogP contribution in [0.3, 0.4) is 0 Å². The number of carbonyl (C=O) groups excluding carboxylic acids is 1. The lowest BCUT2D eigenvalue weighted by atomic mass is 9.78. The number of aromatic nitrogens is 4. The molecule has 2 unspecified atom stereocenters. The number of hydrogen-bond donors (Lipinski definition) is 1. The monoisotopic (exact) mass is 357 g/mol. The van der Waals surface area contributed by atoms with Crippen molar-refractivity contribution in [2.24, 2.45) is 11.8 Å². The molecule has 1 aromatic carbocycles. The van der Waals surface area contributed by atoms with Crippen LogP contribution in [-0.4, -0.2) is 32.3 Å². The van der Waals surface area contributed by atoms with E-state index in [2.05, 4.69) is 20.8 Å². The Morgan fingerprint density at radius 3 is 2.68 bits per heavy atom. The summed E-state index contributed by atoms with van der Waals surface area (Å²) in [6.45, 7) is 0. The SMILES string of the molecule is O=C(Nc1cc(-n2cnnn2)ccc1F)C1CCCCC1C(F)(F)F. The van der Waals surface area contributed by atoms with Crippen LogP contribution in [0, 0.1) is 17.7 Å². The second-order valence-corrected chi connectivity index (χ2v) is 5.95. The second-order valence-electron chi connectivity index (χ2n) is 5.95. The van der Waals surface area contributed by atoms with Crippen molar-refractivity contribution in [2.75, 3.05) is 5.32 Å². The maximum Gasteiger partial charge on any atom is 0.392 e. The van der Waals surface area contributed by atoms with E-state index in [4.69, 9.17) is 0 Å². The summed E-state index contributed by atoms with van der Waals surface area (Å²) in [5.74, 6) is -4.49. The minimum Gasteiger partial charge on any atom is -0.323 e. The van der Waals surface area contributed by atoms with Crippen LogP contribution in [0.25, 0.3) is 5.69 Å². The number of tetrazole rings is 1. The standard InChI is InChI=1S/C15H15F4N5O/c16-12-6-5-9(24-8-20-22-23-24)7-13(12)21-14(25)10-3-1-2-4-11(10)15(17,18)19/h5-8,10-11H,1-4H2,(H,21,25). The Bertz CT molecular complexity index is 747. The number of amides is 1. The molecule has 6 nitrogen and oxygen atoms in total. The quantitative estimate of drug-likeness (QED) is 0.857. The van der Waals surface area contributed by atoms with Gasteiger partial charge in [0.05, 0.1) is 17.3 Å². The average molecular weight is 357 g/mol. The molecule has 134 valence electrons. The third-order valence-electron chi connectivity index (χ3n) is 4.34. The van der Waals surface area contributed by atoms with Gasteiger partial charge in [0.15, 0.2) is 0 Å². The van der Waals surface area contributed by atoms with Crippen LogP contribution in [-0.2, 0) is 4.79 Å². The zero-order valence-electron chi connectivity index (χ0n) is 13.0. The predicted octanol–water partition coefficient (Wildman–Crippen LogP) is 3.11. The van der Waals surface area contributed by atoms with Gasteiger partial charge in [-0.1, -0.05) is 12.8 Å². The van der Waals surface area contributed by atoms with Crippen LogP contribution < -0.4 is 5.32 Å². The number of anilines is 1. The fraction of sp³-hybridized carbons (Fsp3) is 0.467. The highest BCUT2D eigenvalue weighted by molar-refractivity contribution is 5.93. The van der Waals surface area contributed by atoms with Gasteiger partial charge in [-0.25, -0.2) is 9.07 Å². The molecule has 0 spiro atoms. The van der Waals surface area contributed by atoms with E-state index in [0.29, 0.717) is 18.5 Å². The molecule has 1 aromatic heterocycles. The van der Waals surface area contributed by atoms with E-state index in [1.54, 1.807) is 0 Å². The number of benzene rings is 1. The van der Waals surface area contributed by atoms with E-state index >= 15 is 0 Å². The largest absolute Gasteiger partial charge is 0.392 e. The van der Waals surface area contributed by atoms with Gasteiger partial charge in [-0.3, -0.25) is 4.79 Å². The Balaban J connectivity index is 1.81. The smallest absolute Gasteiger partial charge is 0.323 e. The van der Waals surface area contributed by atoms with Crippen LogP contribution in [0.5, 0.6) is 0 Å². The molecule has 3 rings (SSSR count).